The Balaban J connectivity index is 2.40. The predicted molar refractivity (Wildman–Crippen MR) is 42.6 cm³/mol. The van der Waals surface area contributed by atoms with Crippen LogP contribution in [0.15, 0.2) is 11.6 Å². The first kappa shape index (κ1) is 7.53. The summed E-state index contributed by atoms with van der Waals surface area (Å²) in [5.41, 5.74) is 0.668. The van der Waals surface area contributed by atoms with Crippen molar-refractivity contribution in [3.63, 3.8) is 0 Å². The first-order chi connectivity index (χ1) is 5.72. The normalized spacial score (nSPS) is 28.9. The molecule has 1 atom stereocenters. The Morgan fingerprint density at radius 1 is 1.50 bits per heavy atom. The Labute approximate surface area is 71.0 Å². The monoisotopic (exact) mass is 164 g/mol. The third-order valence-electron chi connectivity index (χ3n) is 2.49. The summed E-state index contributed by atoms with van der Waals surface area (Å²) in [5.74, 6) is -0.514. The second-order valence-electron chi connectivity index (χ2n) is 3.21. The van der Waals surface area contributed by atoms with Crippen molar-refractivity contribution in [2.24, 2.45) is 5.92 Å². The van der Waals surface area contributed by atoms with Crippen LogP contribution >= 0.6 is 0 Å². The molecule has 0 aromatic heterocycles. The average molecular weight is 164 g/mol. The molecule has 63 valence electrons. The maximum Gasteiger partial charge on any atom is 0.256 e. The van der Waals surface area contributed by atoms with E-state index in [4.69, 9.17) is 0 Å². The van der Waals surface area contributed by atoms with E-state index < -0.39 is 0 Å². The van der Waals surface area contributed by atoms with Crippen molar-refractivity contribution >= 4 is 11.8 Å². The van der Waals surface area contributed by atoms with Gasteiger partial charge in [0.25, 0.3) is 5.91 Å². The summed E-state index contributed by atoms with van der Waals surface area (Å²) in [5, 5.41) is 0. The second kappa shape index (κ2) is 2.44. The molecule has 0 aromatic rings. The number of amides is 2. The van der Waals surface area contributed by atoms with E-state index in [1.165, 1.54) is 0 Å². The van der Waals surface area contributed by atoms with E-state index in [9.17, 15) is 9.59 Å². The molecule has 0 bridgehead atoms. The van der Waals surface area contributed by atoms with Gasteiger partial charge >= 0.3 is 0 Å². The number of carbonyl (C=O) groups is 2. The lowest BCUT2D eigenvalue weighted by molar-refractivity contribution is -0.136. The molecule has 1 fully saturated rings. The molecule has 1 unspecified atom stereocenters. The molecule has 1 saturated heterocycles. The molecule has 1 heterocycles. The number of imide groups is 1. The van der Waals surface area contributed by atoms with Crippen LogP contribution in [0.3, 0.4) is 0 Å². The minimum atomic E-state index is -0.204. The number of rotatable bonds is 0. The summed E-state index contributed by atoms with van der Waals surface area (Å²) in [7, 11) is 3.42. The third-order valence-corrected chi connectivity index (χ3v) is 2.49. The molecule has 1 aliphatic carbocycles. The van der Waals surface area contributed by atoms with Crippen molar-refractivity contribution in [1.29, 1.82) is 0 Å². The van der Waals surface area contributed by atoms with Gasteiger partial charge < -0.3 is 0 Å². The smallest absolute Gasteiger partial charge is 0.256 e. The molecule has 1 radical (unpaired) electrons. The molecule has 3 heteroatoms. The lowest BCUT2D eigenvalue weighted by Gasteiger charge is -2.11. The Morgan fingerprint density at radius 2 is 2.25 bits per heavy atom. The molecule has 2 aliphatic rings. The van der Waals surface area contributed by atoms with E-state index in [1.807, 2.05) is 6.08 Å². The standard InChI is InChI=1S/C9H10NO2/c1-10-8(11)6-4-2-3-5-7(6)9(10)12/h4,7H,1-3,5H2. The molecular weight excluding hydrogens is 154 g/mol. The summed E-state index contributed by atoms with van der Waals surface area (Å²) in [6.07, 6.45) is 4.60. The average Bonchev–Trinajstić information content (AvgIpc) is 2.33. The van der Waals surface area contributed by atoms with Gasteiger partial charge in [-0.05, 0) is 19.3 Å². The Bertz CT molecular complexity index is 280. The zero-order valence-corrected chi connectivity index (χ0v) is 6.75. The number of hydrogen-bond acceptors (Lipinski definition) is 2. The summed E-state index contributed by atoms with van der Waals surface area (Å²) in [6.45, 7) is 0. The van der Waals surface area contributed by atoms with Gasteiger partial charge in [0.2, 0.25) is 5.91 Å². The van der Waals surface area contributed by atoms with Crippen LogP contribution in [0.25, 0.3) is 0 Å². The summed E-state index contributed by atoms with van der Waals surface area (Å²) in [4.78, 5) is 23.7. The summed E-state index contributed by atoms with van der Waals surface area (Å²) in [6, 6.07) is 0. The van der Waals surface area contributed by atoms with Crippen LogP contribution in [0.4, 0.5) is 0 Å². The highest BCUT2D eigenvalue weighted by molar-refractivity contribution is 6.15. The zero-order valence-electron chi connectivity index (χ0n) is 6.75. The predicted octanol–water partition coefficient (Wildman–Crippen LogP) is 0.873. The van der Waals surface area contributed by atoms with Gasteiger partial charge in [-0.15, -0.1) is 0 Å². The number of carbonyl (C=O) groups excluding carboxylic acids is 2. The van der Waals surface area contributed by atoms with E-state index in [0.29, 0.717) is 5.57 Å². The Hall–Kier alpha value is -1.12. The first-order valence-electron chi connectivity index (χ1n) is 4.10. The summed E-state index contributed by atoms with van der Waals surface area (Å²) < 4.78 is 0. The van der Waals surface area contributed by atoms with Gasteiger partial charge in [-0.2, -0.15) is 0 Å². The molecule has 1 aliphatic heterocycles. The van der Waals surface area contributed by atoms with Crippen LogP contribution in [0.5, 0.6) is 0 Å². The van der Waals surface area contributed by atoms with Crippen LogP contribution in [0.2, 0.25) is 0 Å². The molecule has 3 nitrogen and oxygen atoms in total. The fourth-order valence-electron chi connectivity index (χ4n) is 1.81. The van der Waals surface area contributed by atoms with Crippen molar-refractivity contribution in [3.8, 4) is 0 Å². The van der Waals surface area contributed by atoms with Gasteiger partial charge in [0.1, 0.15) is 0 Å². The number of allylic oxidation sites excluding steroid dienone is 1. The van der Waals surface area contributed by atoms with E-state index in [1.54, 1.807) is 0 Å². The van der Waals surface area contributed by atoms with Crippen molar-refractivity contribution in [2.45, 2.75) is 19.3 Å². The van der Waals surface area contributed by atoms with E-state index in [2.05, 4.69) is 7.05 Å². The SMILES string of the molecule is [CH2]N1C(=O)C2=CCCCC2C1=O. The van der Waals surface area contributed by atoms with Crippen molar-refractivity contribution < 1.29 is 9.59 Å². The molecule has 0 spiro atoms. The highest BCUT2D eigenvalue weighted by Gasteiger charge is 2.41. The second-order valence-corrected chi connectivity index (χ2v) is 3.21. The molecule has 0 N–H and O–H groups in total. The van der Waals surface area contributed by atoms with Gasteiger partial charge in [0, 0.05) is 12.6 Å². The number of nitrogens with zero attached hydrogens (tertiary/aromatic N) is 1. The van der Waals surface area contributed by atoms with Crippen LogP contribution < -0.4 is 0 Å². The fraction of sp³-hybridized carbons (Fsp3) is 0.444. The molecular formula is C9H10NO2. The van der Waals surface area contributed by atoms with E-state index in [-0.39, 0.29) is 17.7 Å². The minimum absolute atomic E-state index is 0.133. The van der Waals surface area contributed by atoms with Gasteiger partial charge in [0.05, 0.1) is 5.92 Å². The number of fused-ring (bicyclic) bond motifs is 1. The van der Waals surface area contributed by atoms with Crippen LogP contribution in [0, 0.1) is 13.0 Å². The Kier molecular flexibility index (Phi) is 1.53. The first-order valence-corrected chi connectivity index (χ1v) is 4.10. The van der Waals surface area contributed by atoms with E-state index >= 15 is 0 Å². The Morgan fingerprint density at radius 3 is 2.92 bits per heavy atom. The lowest BCUT2D eigenvalue weighted by Crippen LogP contribution is -2.23. The molecule has 2 amide bonds. The molecule has 0 aromatic carbocycles. The highest BCUT2D eigenvalue weighted by Crippen LogP contribution is 2.33. The number of hydrogen-bond donors (Lipinski definition) is 0. The molecule has 2 rings (SSSR count). The van der Waals surface area contributed by atoms with Crippen LogP contribution in [0.1, 0.15) is 19.3 Å². The maximum atomic E-state index is 11.4. The van der Waals surface area contributed by atoms with Crippen LogP contribution in [-0.4, -0.2) is 16.7 Å². The molecule has 12 heavy (non-hydrogen) atoms. The lowest BCUT2D eigenvalue weighted by atomic mass is 9.90. The van der Waals surface area contributed by atoms with Gasteiger partial charge in [-0.25, -0.2) is 0 Å². The van der Waals surface area contributed by atoms with Crippen LogP contribution in [-0.2, 0) is 9.59 Å². The van der Waals surface area contributed by atoms with Gasteiger partial charge in [-0.1, -0.05) is 6.08 Å². The van der Waals surface area contributed by atoms with Crippen molar-refractivity contribution in [1.82, 2.24) is 4.90 Å². The van der Waals surface area contributed by atoms with Crippen molar-refractivity contribution in [3.05, 3.63) is 18.7 Å². The highest BCUT2D eigenvalue weighted by atomic mass is 16.2. The fourth-order valence-corrected chi connectivity index (χ4v) is 1.81. The minimum Gasteiger partial charge on any atom is -0.276 e. The van der Waals surface area contributed by atoms with Gasteiger partial charge in [-0.3, -0.25) is 14.5 Å². The van der Waals surface area contributed by atoms with Gasteiger partial charge in [0.15, 0.2) is 0 Å². The largest absolute Gasteiger partial charge is 0.276 e. The zero-order chi connectivity index (χ0) is 8.72. The topological polar surface area (TPSA) is 37.4 Å². The maximum absolute atomic E-state index is 11.4. The third kappa shape index (κ3) is 0.823. The molecule has 0 saturated carbocycles. The van der Waals surface area contributed by atoms with Crippen molar-refractivity contribution in [2.75, 3.05) is 0 Å². The van der Waals surface area contributed by atoms with E-state index in [0.717, 1.165) is 24.2 Å². The quantitative estimate of drug-likeness (QED) is 0.498. The number of likely N-dealkylation sites (tertiary alicyclic amines) is 1. The summed E-state index contributed by atoms with van der Waals surface area (Å²) >= 11 is 0.